The van der Waals surface area contributed by atoms with E-state index in [9.17, 15) is 4.79 Å². The van der Waals surface area contributed by atoms with E-state index >= 15 is 0 Å². The van der Waals surface area contributed by atoms with Crippen molar-refractivity contribution in [3.63, 3.8) is 0 Å². The Morgan fingerprint density at radius 1 is 1.64 bits per heavy atom. The Morgan fingerprint density at radius 2 is 2.18 bits per heavy atom. The van der Waals surface area contributed by atoms with Gasteiger partial charge in [-0.2, -0.15) is 0 Å². The smallest absolute Gasteiger partial charge is 0.342 e. The lowest BCUT2D eigenvalue weighted by molar-refractivity contribution is -0.142. The fourth-order valence-corrected chi connectivity index (χ4v) is 0.469. The van der Waals surface area contributed by atoms with Gasteiger partial charge in [-0.3, -0.25) is 0 Å². The molecule has 0 N–H and O–H groups in total. The van der Waals surface area contributed by atoms with E-state index in [1.807, 2.05) is 0 Å². The van der Waals surface area contributed by atoms with Crippen LogP contribution >= 0.6 is 34.8 Å². The Bertz CT molecular complexity index is 160. The summed E-state index contributed by atoms with van der Waals surface area (Å²) in [5, 5.41) is 0. The molecule has 2 nitrogen and oxygen atoms in total. The highest BCUT2D eigenvalue weighted by Gasteiger charge is 2.28. The lowest BCUT2D eigenvalue weighted by atomic mass is 10.5. The highest BCUT2D eigenvalue weighted by atomic mass is 35.5. The maximum atomic E-state index is 10.8. The van der Waals surface area contributed by atoms with Crippen molar-refractivity contribution in [2.45, 2.75) is 11.3 Å². The molecular weight excluding hydrogens is 210 g/mol. The zero-order valence-electron chi connectivity index (χ0n) is 5.81. The van der Waals surface area contributed by atoms with E-state index in [4.69, 9.17) is 34.8 Å². The molecule has 0 aliphatic heterocycles. The summed E-state index contributed by atoms with van der Waals surface area (Å²) in [5.74, 6) is -0.685. The molecule has 0 aromatic heterocycles. The van der Waals surface area contributed by atoms with Gasteiger partial charge in [-0.15, -0.1) is 0 Å². The molecule has 0 radical (unpaired) electrons. The van der Waals surface area contributed by atoms with Gasteiger partial charge in [-0.1, -0.05) is 34.8 Å². The SMILES string of the molecule is CC(Cl)(Cl)C(=O)OC/C=C/Cl. The molecule has 0 unspecified atom stereocenters. The summed E-state index contributed by atoms with van der Waals surface area (Å²) in [4.78, 5) is 10.8. The zero-order valence-corrected chi connectivity index (χ0v) is 8.08. The van der Waals surface area contributed by atoms with Gasteiger partial charge in [0.2, 0.25) is 4.33 Å². The molecule has 0 saturated heterocycles. The van der Waals surface area contributed by atoms with E-state index in [-0.39, 0.29) is 6.61 Å². The van der Waals surface area contributed by atoms with Gasteiger partial charge in [0.05, 0.1) is 0 Å². The number of esters is 1. The molecule has 64 valence electrons. The topological polar surface area (TPSA) is 26.3 Å². The van der Waals surface area contributed by atoms with Crippen LogP contribution in [0.25, 0.3) is 0 Å². The fourth-order valence-electron chi connectivity index (χ4n) is 0.287. The van der Waals surface area contributed by atoms with Crippen LogP contribution in [0.2, 0.25) is 0 Å². The minimum absolute atomic E-state index is 0.0807. The molecule has 0 aromatic carbocycles. The minimum Gasteiger partial charge on any atom is -0.459 e. The van der Waals surface area contributed by atoms with Crippen molar-refractivity contribution >= 4 is 40.8 Å². The first-order valence-corrected chi connectivity index (χ1v) is 3.98. The van der Waals surface area contributed by atoms with Gasteiger partial charge in [-0.25, -0.2) is 4.79 Å². The molecule has 0 bridgehead atoms. The van der Waals surface area contributed by atoms with Gasteiger partial charge >= 0.3 is 5.97 Å². The summed E-state index contributed by atoms with van der Waals surface area (Å²) in [6, 6.07) is 0. The molecule has 5 heteroatoms. The third-order valence-electron chi connectivity index (χ3n) is 0.758. The van der Waals surface area contributed by atoms with E-state index in [2.05, 4.69) is 4.74 Å². The van der Waals surface area contributed by atoms with Crippen LogP contribution in [-0.4, -0.2) is 16.9 Å². The van der Waals surface area contributed by atoms with Crippen LogP contribution < -0.4 is 0 Å². The minimum atomic E-state index is -1.49. The summed E-state index contributed by atoms with van der Waals surface area (Å²) in [5.41, 5.74) is 1.24. The lowest BCUT2D eigenvalue weighted by Crippen LogP contribution is -2.24. The van der Waals surface area contributed by atoms with Gasteiger partial charge < -0.3 is 4.74 Å². The van der Waals surface area contributed by atoms with Crippen molar-refractivity contribution in [2.24, 2.45) is 0 Å². The van der Waals surface area contributed by atoms with Gasteiger partial charge in [0.1, 0.15) is 6.61 Å². The van der Waals surface area contributed by atoms with E-state index in [0.717, 1.165) is 0 Å². The standard InChI is InChI=1S/C6H7Cl3O2/c1-6(8,9)5(10)11-4-2-3-7/h2-3H,4H2,1H3/b3-2+. The number of carbonyl (C=O) groups excluding carboxylic acids is 1. The molecule has 0 heterocycles. The quantitative estimate of drug-likeness (QED) is 0.536. The zero-order chi connectivity index (χ0) is 8.91. The van der Waals surface area contributed by atoms with Crippen LogP contribution in [0.4, 0.5) is 0 Å². The molecule has 0 aliphatic rings. The summed E-state index contributed by atoms with van der Waals surface area (Å²) in [6.45, 7) is 1.42. The fraction of sp³-hybridized carbons (Fsp3) is 0.500. The number of carbonyl (C=O) groups is 1. The first-order chi connectivity index (χ1) is 4.98. The first-order valence-electron chi connectivity index (χ1n) is 2.78. The maximum absolute atomic E-state index is 10.8. The molecule has 0 aromatic rings. The van der Waals surface area contributed by atoms with Gasteiger partial charge in [0.15, 0.2) is 0 Å². The monoisotopic (exact) mass is 216 g/mol. The average Bonchev–Trinajstić information content (AvgIpc) is 1.86. The molecule has 0 saturated carbocycles. The summed E-state index contributed by atoms with van der Waals surface area (Å²) >= 11 is 16.0. The molecule has 0 amide bonds. The molecule has 0 spiro atoms. The van der Waals surface area contributed by atoms with Gasteiger partial charge in [0.25, 0.3) is 0 Å². The summed E-state index contributed by atoms with van der Waals surface area (Å²) < 4.78 is 3.09. The number of ether oxygens (including phenoxy) is 1. The third kappa shape index (κ3) is 5.36. The van der Waals surface area contributed by atoms with Crippen LogP contribution in [0.5, 0.6) is 0 Å². The second kappa shape index (κ2) is 4.86. The second-order valence-electron chi connectivity index (χ2n) is 1.85. The van der Waals surface area contributed by atoms with Crippen molar-refractivity contribution in [3.8, 4) is 0 Å². The van der Waals surface area contributed by atoms with E-state index in [0.29, 0.717) is 0 Å². The number of halogens is 3. The van der Waals surface area contributed by atoms with Crippen LogP contribution in [-0.2, 0) is 9.53 Å². The van der Waals surface area contributed by atoms with Crippen LogP contribution in [0.1, 0.15) is 6.92 Å². The van der Waals surface area contributed by atoms with E-state index < -0.39 is 10.3 Å². The van der Waals surface area contributed by atoms with Gasteiger partial charge in [-0.05, 0) is 13.0 Å². The van der Waals surface area contributed by atoms with E-state index in [1.165, 1.54) is 18.5 Å². The van der Waals surface area contributed by atoms with Crippen LogP contribution in [0.15, 0.2) is 11.6 Å². The predicted molar refractivity (Wildman–Crippen MR) is 46.1 cm³/mol. The number of hydrogen-bond acceptors (Lipinski definition) is 2. The summed E-state index contributed by atoms with van der Waals surface area (Å²) in [7, 11) is 0. The Hall–Kier alpha value is 0.0800. The Kier molecular flexibility index (Phi) is 4.89. The van der Waals surface area contributed by atoms with Crippen molar-refractivity contribution in [2.75, 3.05) is 6.61 Å². The van der Waals surface area contributed by atoms with Crippen molar-refractivity contribution in [1.29, 1.82) is 0 Å². The average molecular weight is 217 g/mol. The largest absolute Gasteiger partial charge is 0.459 e. The maximum Gasteiger partial charge on any atom is 0.342 e. The lowest BCUT2D eigenvalue weighted by Gasteiger charge is -2.10. The highest BCUT2D eigenvalue weighted by Crippen LogP contribution is 2.20. The second-order valence-corrected chi connectivity index (χ2v) is 3.81. The molecule has 11 heavy (non-hydrogen) atoms. The van der Waals surface area contributed by atoms with Crippen molar-refractivity contribution in [3.05, 3.63) is 11.6 Å². The first kappa shape index (κ1) is 11.1. The van der Waals surface area contributed by atoms with Crippen molar-refractivity contribution in [1.82, 2.24) is 0 Å². The Labute approximate surface area is 80.1 Å². The Balaban J connectivity index is 3.71. The van der Waals surface area contributed by atoms with Crippen molar-refractivity contribution < 1.29 is 9.53 Å². The normalized spacial score (nSPS) is 12.0. The molecule has 0 atom stereocenters. The predicted octanol–water partition coefficient (Wildman–Crippen LogP) is 2.48. The number of rotatable bonds is 3. The number of alkyl halides is 2. The third-order valence-corrected chi connectivity index (χ3v) is 1.24. The molecule has 0 fully saturated rings. The molecule has 0 rings (SSSR count). The van der Waals surface area contributed by atoms with Crippen LogP contribution in [0.3, 0.4) is 0 Å². The van der Waals surface area contributed by atoms with Gasteiger partial charge in [0, 0.05) is 5.54 Å². The molecule has 0 aliphatic carbocycles. The van der Waals surface area contributed by atoms with E-state index in [1.54, 1.807) is 0 Å². The number of hydrogen-bond donors (Lipinski definition) is 0. The molecular formula is C6H7Cl3O2. The summed E-state index contributed by atoms with van der Waals surface area (Å²) in [6.07, 6.45) is 1.46. The van der Waals surface area contributed by atoms with Crippen LogP contribution in [0, 0.1) is 0 Å². The highest BCUT2D eigenvalue weighted by molar-refractivity contribution is 6.57. The Morgan fingerprint density at radius 3 is 2.55 bits per heavy atom.